The van der Waals surface area contributed by atoms with E-state index >= 15 is 0 Å². The molecule has 2 aromatic carbocycles. The first-order valence-electron chi connectivity index (χ1n) is 6.71. The van der Waals surface area contributed by atoms with Crippen LogP contribution in [0.4, 0.5) is 5.82 Å². The summed E-state index contributed by atoms with van der Waals surface area (Å²) in [7, 11) is 1.87. The molecular formula is C17H16BrN3. The van der Waals surface area contributed by atoms with E-state index in [0.29, 0.717) is 5.82 Å². The summed E-state index contributed by atoms with van der Waals surface area (Å²) in [4.78, 5) is 0. The van der Waals surface area contributed by atoms with Crippen LogP contribution in [0, 0.1) is 6.92 Å². The molecule has 3 rings (SSSR count). The Morgan fingerprint density at radius 3 is 2.14 bits per heavy atom. The van der Waals surface area contributed by atoms with Crippen LogP contribution in [0.15, 0.2) is 53.0 Å². The monoisotopic (exact) mass is 341 g/mol. The van der Waals surface area contributed by atoms with E-state index < -0.39 is 0 Å². The quantitative estimate of drug-likeness (QED) is 0.750. The van der Waals surface area contributed by atoms with Crippen molar-refractivity contribution in [3.63, 3.8) is 0 Å². The smallest absolute Gasteiger partial charge is 0.129 e. The molecule has 0 atom stereocenters. The lowest BCUT2D eigenvalue weighted by Gasteiger charge is -2.05. The molecule has 0 saturated carbocycles. The van der Waals surface area contributed by atoms with Crippen molar-refractivity contribution in [1.29, 1.82) is 0 Å². The summed E-state index contributed by atoms with van der Waals surface area (Å²) in [6, 6.07) is 16.5. The van der Waals surface area contributed by atoms with Gasteiger partial charge in [-0.15, -0.1) is 0 Å². The van der Waals surface area contributed by atoms with Gasteiger partial charge >= 0.3 is 0 Å². The number of nitrogen functional groups attached to an aromatic ring is 1. The van der Waals surface area contributed by atoms with E-state index in [9.17, 15) is 0 Å². The molecule has 4 heteroatoms. The first-order valence-corrected chi connectivity index (χ1v) is 7.51. The number of nitrogens with two attached hydrogens (primary N) is 1. The number of aromatic nitrogens is 2. The molecule has 0 aliphatic heterocycles. The van der Waals surface area contributed by atoms with Gasteiger partial charge in [0.25, 0.3) is 0 Å². The largest absolute Gasteiger partial charge is 0.383 e. The van der Waals surface area contributed by atoms with Gasteiger partial charge in [-0.2, -0.15) is 5.10 Å². The summed E-state index contributed by atoms with van der Waals surface area (Å²) >= 11 is 3.46. The van der Waals surface area contributed by atoms with Crippen molar-refractivity contribution in [2.45, 2.75) is 6.92 Å². The van der Waals surface area contributed by atoms with E-state index in [0.717, 1.165) is 26.9 Å². The number of benzene rings is 2. The molecule has 106 valence electrons. The number of hydrogen-bond donors (Lipinski definition) is 1. The number of anilines is 1. The van der Waals surface area contributed by atoms with Crippen LogP contribution < -0.4 is 5.73 Å². The van der Waals surface area contributed by atoms with Gasteiger partial charge in [0.1, 0.15) is 11.5 Å². The van der Waals surface area contributed by atoms with Gasteiger partial charge in [0, 0.05) is 17.1 Å². The van der Waals surface area contributed by atoms with Crippen LogP contribution in [0.1, 0.15) is 5.56 Å². The highest BCUT2D eigenvalue weighted by Crippen LogP contribution is 2.36. The molecule has 0 saturated heterocycles. The Kier molecular flexibility index (Phi) is 3.55. The lowest BCUT2D eigenvalue weighted by molar-refractivity contribution is 0.782. The molecule has 0 bridgehead atoms. The Morgan fingerprint density at radius 2 is 1.52 bits per heavy atom. The molecular weight excluding hydrogens is 326 g/mol. The fourth-order valence-electron chi connectivity index (χ4n) is 2.35. The normalized spacial score (nSPS) is 10.8. The SMILES string of the molecule is Cc1ccc(-c2nn(C)c(N)c2-c2ccc(Br)cc2)cc1. The minimum absolute atomic E-state index is 0.674. The van der Waals surface area contributed by atoms with E-state index in [-0.39, 0.29) is 0 Å². The third kappa shape index (κ3) is 2.59. The lowest BCUT2D eigenvalue weighted by Crippen LogP contribution is -1.97. The maximum atomic E-state index is 6.23. The fraction of sp³-hybridized carbons (Fsp3) is 0.118. The van der Waals surface area contributed by atoms with Crippen LogP contribution in [0.5, 0.6) is 0 Å². The molecule has 0 spiro atoms. The summed E-state index contributed by atoms with van der Waals surface area (Å²) in [6.45, 7) is 2.08. The molecule has 0 aliphatic carbocycles. The minimum atomic E-state index is 0.674. The molecule has 0 amide bonds. The van der Waals surface area contributed by atoms with Crippen LogP contribution >= 0.6 is 15.9 Å². The van der Waals surface area contributed by atoms with E-state index in [1.54, 1.807) is 4.68 Å². The predicted octanol–water partition coefficient (Wildman–Crippen LogP) is 4.41. The van der Waals surface area contributed by atoms with E-state index in [2.05, 4.69) is 64.4 Å². The van der Waals surface area contributed by atoms with Crippen LogP contribution in [0.2, 0.25) is 0 Å². The third-order valence-corrected chi connectivity index (χ3v) is 4.08. The van der Waals surface area contributed by atoms with Crippen molar-refractivity contribution in [2.75, 3.05) is 5.73 Å². The summed E-state index contributed by atoms with van der Waals surface area (Å²) in [5, 5.41) is 4.59. The summed E-state index contributed by atoms with van der Waals surface area (Å²) < 4.78 is 2.78. The maximum Gasteiger partial charge on any atom is 0.129 e. The fourth-order valence-corrected chi connectivity index (χ4v) is 2.62. The highest BCUT2D eigenvalue weighted by atomic mass is 79.9. The van der Waals surface area contributed by atoms with Crippen LogP contribution in [0.3, 0.4) is 0 Å². The van der Waals surface area contributed by atoms with Gasteiger partial charge < -0.3 is 5.73 Å². The lowest BCUT2D eigenvalue weighted by atomic mass is 10.0. The van der Waals surface area contributed by atoms with Crippen LogP contribution in [-0.2, 0) is 7.05 Å². The number of hydrogen-bond acceptors (Lipinski definition) is 2. The maximum absolute atomic E-state index is 6.23. The minimum Gasteiger partial charge on any atom is -0.383 e. The van der Waals surface area contributed by atoms with Gasteiger partial charge in [-0.1, -0.05) is 57.9 Å². The number of nitrogens with zero attached hydrogens (tertiary/aromatic N) is 2. The third-order valence-electron chi connectivity index (χ3n) is 3.55. The zero-order chi connectivity index (χ0) is 15.0. The van der Waals surface area contributed by atoms with Crippen molar-refractivity contribution >= 4 is 21.7 Å². The highest BCUT2D eigenvalue weighted by Gasteiger charge is 2.17. The molecule has 0 unspecified atom stereocenters. The van der Waals surface area contributed by atoms with E-state index in [1.165, 1.54) is 5.56 Å². The van der Waals surface area contributed by atoms with Crippen LogP contribution in [-0.4, -0.2) is 9.78 Å². The first kappa shape index (κ1) is 13.9. The molecule has 1 heterocycles. The zero-order valence-corrected chi connectivity index (χ0v) is 13.6. The number of halogens is 1. The predicted molar refractivity (Wildman–Crippen MR) is 90.9 cm³/mol. The van der Waals surface area contributed by atoms with Crippen molar-refractivity contribution in [3.05, 3.63) is 58.6 Å². The Morgan fingerprint density at radius 1 is 0.952 bits per heavy atom. The molecule has 3 aromatic rings. The van der Waals surface area contributed by atoms with Crippen molar-refractivity contribution < 1.29 is 0 Å². The van der Waals surface area contributed by atoms with Crippen molar-refractivity contribution in [3.8, 4) is 22.4 Å². The molecule has 2 N–H and O–H groups in total. The Bertz CT molecular complexity index is 771. The highest BCUT2D eigenvalue weighted by molar-refractivity contribution is 9.10. The topological polar surface area (TPSA) is 43.8 Å². The molecule has 0 fully saturated rings. The Balaban J connectivity index is 2.20. The number of rotatable bonds is 2. The Hall–Kier alpha value is -2.07. The zero-order valence-electron chi connectivity index (χ0n) is 12.0. The van der Waals surface area contributed by atoms with E-state index in [4.69, 9.17) is 5.73 Å². The molecule has 21 heavy (non-hydrogen) atoms. The van der Waals surface area contributed by atoms with Gasteiger partial charge in [-0.25, -0.2) is 0 Å². The standard InChI is InChI=1S/C17H16BrN3/c1-11-3-5-13(6-4-11)16-15(17(19)21(2)20-16)12-7-9-14(18)10-8-12/h3-10H,19H2,1-2H3. The second kappa shape index (κ2) is 5.37. The van der Waals surface area contributed by atoms with Gasteiger partial charge in [-0.3, -0.25) is 4.68 Å². The average molecular weight is 342 g/mol. The molecule has 0 aliphatic rings. The molecule has 3 nitrogen and oxygen atoms in total. The summed E-state index contributed by atoms with van der Waals surface area (Å²) in [6.07, 6.45) is 0. The van der Waals surface area contributed by atoms with E-state index in [1.807, 2.05) is 19.2 Å². The van der Waals surface area contributed by atoms with Crippen LogP contribution in [0.25, 0.3) is 22.4 Å². The average Bonchev–Trinajstić information content (AvgIpc) is 2.77. The van der Waals surface area contributed by atoms with Gasteiger partial charge in [0.15, 0.2) is 0 Å². The Labute approximate surface area is 132 Å². The summed E-state index contributed by atoms with van der Waals surface area (Å²) in [5.74, 6) is 0.674. The second-order valence-corrected chi connectivity index (χ2v) is 6.02. The molecule has 1 aromatic heterocycles. The first-order chi connectivity index (χ1) is 10.1. The van der Waals surface area contributed by atoms with Gasteiger partial charge in [-0.05, 0) is 24.6 Å². The van der Waals surface area contributed by atoms with Crippen molar-refractivity contribution in [1.82, 2.24) is 9.78 Å². The number of aryl methyl sites for hydroxylation is 2. The summed E-state index contributed by atoms with van der Waals surface area (Å²) in [5.41, 5.74) is 11.5. The van der Waals surface area contributed by atoms with Gasteiger partial charge in [0.05, 0.1) is 5.56 Å². The van der Waals surface area contributed by atoms with Gasteiger partial charge in [0.2, 0.25) is 0 Å². The van der Waals surface area contributed by atoms with Crippen molar-refractivity contribution in [2.24, 2.45) is 7.05 Å². The second-order valence-electron chi connectivity index (χ2n) is 5.11. The molecule has 0 radical (unpaired) electrons.